The van der Waals surface area contributed by atoms with Gasteiger partial charge in [0.05, 0.1) is 18.4 Å². The molecule has 1 N–H and O–H groups in total. The number of carbonyl (C=O) groups is 2. The highest BCUT2D eigenvalue weighted by Gasteiger charge is 2.12. The summed E-state index contributed by atoms with van der Waals surface area (Å²) in [6.45, 7) is 1.38. The van der Waals surface area contributed by atoms with E-state index in [1.54, 1.807) is 12.1 Å². The van der Waals surface area contributed by atoms with Gasteiger partial charge in [-0.1, -0.05) is 12.2 Å². The van der Waals surface area contributed by atoms with E-state index in [-0.39, 0.29) is 11.5 Å². The summed E-state index contributed by atoms with van der Waals surface area (Å²) < 4.78 is 4.66. The van der Waals surface area contributed by atoms with Gasteiger partial charge in [0, 0.05) is 24.2 Å². The van der Waals surface area contributed by atoms with Crippen molar-refractivity contribution in [1.29, 1.82) is 0 Å². The Hall–Kier alpha value is -2.08. The van der Waals surface area contributed by atoms with Crippen molar-refractivity contribution in [3.8, 4) is 0 Å². The first-order valence-corrected chi connectivity index (χ1v) is 5.53. The summed E-state index contributed by atoms with van der Waals surface area (Å²) in [5.41, 5.74) is 1.19. The molecule has 0 atom stereocenters. The topological polar surface area (TPSA) is 67.8 Å². The molecule has 0 unspecified atom stereocenters. The van der Waals surface area contributed by atoms with Gasteiger partial charge in [0.2, 0.25) is 5.91 Å². The second-order valence-electron chi connectivity index (χ2n) is 3.32. The summed E-state index contributed by atoms with van der Waals surface area (Å²) >= 11 is 4.62. The van der Waals surface area contributed by atoms with E-state index >= 15 is 0 Å². The van der Waals surface area contributed by atoms with Gasteiger partial charge in [-0.15, -0.1) is 0 Å². The van der Waals surface area contributed by atoms with Crippen molar-refractivity contribution in [2.45, 2.75) is 6.92 Å². The molecule has 1 rings (SSSR count). The summed E-state index contributed by atoms with van der Waals surface area (Å²) in [5.74, 6) is -0.750. The second-order valence-corrected chi connectivity index (χ2v) is 3.59. The molecule has 1 aromatic rings. The first-order valence-electron chi connectivity index (χ1n) is 5.06. The van der Waals surface area contributed by atoms with E-state index in [2.05, 4.69) is 27.3 Å². The standard InChI is InChI=1S/C12H12N2O3S/c1-8(15)14-9-3-4-11(13-5-6-18)10(7-9)12(16)17-2/h3-7H,1-2H3,(H,14,15). The zero-order valence-electron chi connectivity index (χ0n) is 9.97. The van der Waals surface area contributed by atoms with Crippen LogP contribution in [0.2, 0.25) is 0 Å². The average Bonchev–Trinajstić information content (AvgIpc) is 2.35. The minimum atomic E-state index is -0.529. The normalized spacial score (nSPS) is 10.1. The van der Waals surface area contributed by atoms with Gasteiger partial charge in [0.25, 0.3) is 0 Å². The van der Waals surface area contributed by atoms with Crippen LogP contribution in [0, 0.1) is 0 Å². The van der Waals surface area contributed by atoms with Crippen LogP contribution in [-0.4, -0.2) is 30.6 Å². The zero-order valence-corrected chi connectivity index (χ0v) is 10.8. The Kier molecular flexibility index (Phi) is 5.13. The largest absolute Gasteiger partial charge is 0.465 e. The fourth-order valence-electron chi connectivity index (χ4n) is 1.31. The van der Waals surface area contributed by atoms with Crippen molar-refractivity contribution in [3.05, 3.63) is 23.8 Å². The Bertz CT molecular complexity index is 512. The van der Waals surface area contributed by atoms with E-state index in [4.69, 9.17) is 0 Å². The fourth-order valence-corrected chi connectivity index (χ4v) is 1.37. The lowest BCUT2D eigenvalue weighted by molar-refractivity contribution is -0.114. The van der Waals surface area contributed by atoms with Crippen LogP contribution in [-0.2, 0) is 9.53 Å². The molecule has 94 valence electrons. The highest BCUT2D eigenvalue weighted by atomic mass is 32.1. The van der Waals surface area contributed by atoms with Gasteiger partial charge in [-0.3, -0.25) is 9.79 Å². The van der Waals surface area contributed by atoms with Crippen LogP contribution in [0.15, 0.2) is 23.2 Å². The third-order valence-electron chi connectivity index (χ3n) is 2.00. The van der Waals surface area contributed by atoms with Crippen LogP contribution >= 0.6 is 12.2 Å². The number of nitrogens with one attached hydrogen (secondary N) is 1. The fraction of sp³-hybridized carbons (Fsp3) is 0.167. The number of methoxy groups -OCH3 is 1. The minimum absolute atomic E-state index is 0.221. The molecule has 0 aliphatic carbocycles. The van der Waals surface area contributed by atoms with Crippen molar-refractivity contribution in [3.63, 3.8) is 0 Å². The molecule has 5 nitrogen and oxygen atoms in total. The quantitative estimate of drug-likeness (QED) is 0.514. The molecule has 1 aromatic carbocycles. The lowest BCUT2D eigenvalue weighted by atomic mass is 10.1. The van der Waals surface area contributed by atoms with Gasteiger partial charge in [0.1, 0.15) is 0 Å². The van der Waals surface area contributed by atoms with Gasteiger partial charge in [-0.2, -0.15) is 0 Å². The van der Waals surface area contributed by atoms with Crippen molar-refractivity contribution in [2.24, 2.45) is 4.99 Å². The van der Waals surface area contributed by atoms with Crippen molar-refractivity contribution in [1.82, 2.24) is 0 Å². The van der Waals surface area contributed by atoms with E-state index in [1.807, 2.05) is 0 Å². The molecule has 0 aromatic heterocycles. The SMILES string of the molecule is COC(=O)c1cc(NC(C)=O)ccc1N=CC=S. The second kappa shape index (κ2) is 6.61. The van der Waals surface area contributed by atoms with Gasteiger partial charge in [-0.05, 0) is 18.2 Å². The van der Waals surface area contributed by atoms with E-state index in [0.29, 0.717) is 11.4 Å². The summed E-state index contributed by atoms with van der Waals surface area (Å²) in [7, 11) is 1.28. The van der Waals surface area contributed by atoms with E-state index in [9.17, 15) is 9.59 Å². The predicted octanol–water partition coefficient (Wildman–Crippen LogP) is 2.13. The molecule has 6 heteroatoms. The molecule has 0 aliphatic rings. The number of hydrogen-bond acceptors (Lipinski definition) is 5. The Morgan fingerprint density at radius 1 is 1.44 bits per heavy atom. The molecular formula is C12H12N2O3S. The zero-order chi connectivity index (χ0) is 13.5. The molecule has 0 saturated carbocycles. The smallest absolute Gasteiger partial charge is 0.340 e. The van der Waals surface area contributed by atoms with E-state index in [1.165, 1.54) is 31.7 Å². The highest BCUT2D eigenvalue weighted by molar-refractivity contribution is 7.80. The number of rotatable bonds is 4. The number of anilines is 1. The first kappa shape index (κ1) is 14.0. The Balaban J connectivity index is 3.19. The van der Waals surface area contributed by atoms with Crippen LogP contribution in [0.4, 0.5) is 11.4 Å². The maximum atomic E-state index is 11.6. The molecule has 0 bridgehead atoms. The van der Waals surface area contributed by atoms with Crippen molar-refractivity contribution >= 4 is 47.1 Å². The number of benzene rings is 1. The van der Waals surface area contributed by atoms with Crippen LogP contribution in [0.1, 0.15) is 17.3 Å². The lowest BCUT2D eigenvalue weighted by Crippen LogP contribution is -2.08. The van der Waals surface area contributed by atoms with Crippen LogP contribution < -0.4 is 5.32 Å². The molecule has 1 amide bonds. The third-order valence-corrected chi connectivity index (χ3v) is 2.12. The van der Waals surface area contributed by atoms with E-state index in [0.717, 1.165) is 0 Å². The number of nitrogens with zero attached hydrogens (tertiary/aromatic N) is 1. The number of aliphatic imine (C=N–C) groups is 1. The first-order chi connectivity index (χ1) is 8.58. The molecule has 18 heavy (non-hydrogen) atoms. The Labute approximate surface area is 110 Å². The van der Waals surface area contributed by atoms with Gasteiger partial charge in [-0.25, -0.2) is 4.79 Å². The summed E-state index contributed by atoms with van der Waals surface area (Å²) in [6.07, 6.45) is 1.40. The Morgan fingerprint density at radius 2 is 2.17 bits per heavy atom. The molecule has 0 heterocycles. The summed E-state index contributed by atoms with van der Waals surface area (Å²) in [5, 5.41) is 3.92. The molecular weight excluding hydrogens is 252 g/mol. The van der Waals surface area contributed by atoms with Crippen LogP contribution in [0.25, 0.3) is 0 Å². The monoisotopic (exact) mass is 264 g/mol. The molecule has 0 radical (unpaired) electrons. The van der Waals surface area contributed by atoms with Crippen molar-refractivity contribution in [2.75, 3.05) is 12.4 Å². The highest BCUT2D eigenvalue weighted by Crippen LogP contribution is 2.23. The van der Waals surface area contributed by atoms with Crippen LogP contribution in [0.3, 0.4) is 0 Å². The molecule has 0 aliphatic heterocycles. The third kappa shape index (κ3) is 3.74. The average molecular weight is 264 g/mol. The van der Waals surface area contributed by atoms with Gasteiger partial charge < -0.3 is 10.1 Å². The lowest BCUT2D eigenvalue weighted by Gasteiger charge is -2.07. The number of thiocarbonyl (C=S) groups is 1. The molecule has 0 fully saturated rings. The summed E-state index contributed by atoms with van der Waals surface area (Å²) in [6, 6.07) is 4.75. The maximum Gasteiger partial charge on any atom is 0.340 e. The minimum Gasteiger partial charge on any atom is -0.465 e. The number of hydrogen-bond donors (Lipinski definition) is 1. The number of esters is 1. The number of ether oxygens (including phenoxy) is 1. The van der Waals surface area contributed by atoms with E-state index < -0.39 is 5.97 Å². The Morgan fingerprint density at radius 3 is 2.72 bits per heavy atom. The predicted molar refractivity (Wildman–Crippen MR) is 73.9 cm³/mol. The molecule has 0 spiro atoms. The number of amides is 1. The maximum absolute atomic E-state index is 11.6. The van der Waals surface area contributed by atoms with Crippen molar-refractivity contribution < 1.29 is 14.3 Å². The van der Waals surface area contributed by atoms with Crippen LogP contribution in [0.5, 0.6) is 0 Å². The van der Waals surface area contributed by atoms with Gasteiger partial charge in [0.15, 0.2) is 0 Å². The summed E-state index contributed by atoms with van der Waals surface area (Å²) in [4.78, 5) is 26.6. The number of carbonyl (C=O) groups excluding carboxylic acids is 2. The molecule has 0 saturated heterocycles. The van der Waals surface area contributed by atoms with Gasteiger partial charge >= 0.3 is 5.97 Å².